The summed E-state index contributed by atoms with van der Waals surface area (Å²) in [4.78, 5) is 0. The first kappa shape index (κ1) is 16.5. The van der Waals surface area contributed by atoms with Gasteiger partial charge < -0.3 is 10.1 Å². The second-order valence-electron chi connectivity index (χ2n) is 6.34. The quantitative estimate of drug-likeness (QED) is 0.554. The molecule has 28 heavy (non-hydrogen) atoms. The summed E-state index contributed by atoms with van der Waals surface area (Å²) in [5.41, 5.74) is 5.55. The Morgan fingerprint density at radius 1 is 1.11 bits per heavy atom. The van der Waals surface area contributed by atoms with E-state index in [4.69, 9.17) is 4.74 Å². The number of para-hydroxylation sites is 1. The van der Waals surface area contributed by atoms with Crippen LogP contribution in [-0.2, 0) is 0 Å². The van der Waals surface area contributed by atoms with E-state index < -0.39 is 0 Å². The van der Waals surface area contributed by atoms with Crippen LogP contribution in [0.4, 0.5) is 5.82 Å². The number of anilines is 1. The highest BCUT2D eigenvalue weighted by Crippen LogP contribution is 2.45. The molecule has 4 aromatic rings. The fourth-order valence-electron chi connectivity index (χ4n) is 3.67. The minimum Gasteiger partial charge on any atom is -0.496 e. The molecule has 0 spiro atoms. The number of methoxy groups -OCH3 is 1. The molecule has 0 saturated heterocycles. The molecule has 2 aromatic carbocycles. The van der Waals surface area contributed by atoms with Crippen molar-refractivity contribution in [1.82, 2.24) is 18.9 Å². The average molecular weight is 386 g/mol. The fraction of sp³-hybridized carbons (Fsp3) is 0.100. The third-order valence-electron chi connectivity index (χ3n) is 4.91. The van der Waals surface area contributed by atoms with Crippen LogP contribution in [-0.4, -0.2) is 26.1 Å². The van der Waals surface area contributed by atoms with E-state index in [1.165, 1.54) is 11.7 Å². The van der Waals surface area contributed by atoms with Crippen LogP contribution in [0.3, 0.4) is 0 Å². The average Bonchev–Trinajstić information content (AvgIpc) is 3.41. The van der Waals surface area contributed by atoms with Crippen LogP contribution in [0.25, 0.3) is 16.7 Å². The lowest BCUT2D eigenvalue weighted by molar-refractivity contribution is 0.413. The van der Waals surface area contributed by atoms with E-state index >= 15 is 0 Å². The van der Waals surface area contributed by atoms with E-state index in [-0.39, 0.29) is 5.92 Å². The molecule has 1 aliphatic rings. The van der Waals surface area contributed by atoms with Crippen molar-refractivity contribution < 1.29 is 4.74 Å². The normalized spacial score (nSPS) is 15.8. The Morgan fingerprint density at radius 2 is 2.00 bits per heavy atom. The number of rotatable bonds is 3. The molecule has 1 atom stereocenters. The van der Waals surface area contributed by atoms with E-state index in [0.717, 1.165) is 33.5 Å². The first-order chi connectivity index (χ1) is 13.8. The summed E-state index contributed by atoms with van der Waals surface area (Å²) in [6.07, 6.45) is 1.75. The van der Waals surface area contributed by atoms with Crippen molar-refractivity contribution in [2.45, 2.75) is 5.92 Å². The lowest BCUT2D eigenvalue weighted by Crippen LogP contribution is -2.17. The topological polar surface area (TPSA) is 99.5 Å². The minimum atomic E-state index is -0.312. The van der Waals surface area contributed by atoms with Crippen LogP contribution in [0.2, 0.25) is 0 Å². The van der Waals surface area contributed by atoms with Gasteiger partial charge in [-0.2, -0.15) is 19.1 Å². The van der Waals surface area contributed by atoms with Crippen molar-refractivity contribution in [2.24, 2.45) is 0 Å². The Morgan fingerprint density at radius 3 is 2.86 bits per heavy atom. The van der Waals surface area contributed by atoms with Gasteiger partial charge in [-0.3, -0.25) is 5.10 Å². The van der Waals surface area contributed by atoms with E-state index in [2.05, 4.69) is 30.3 Å². The molecule has 1 unspecified atom stereocenters. The van der Waals surface area contributed by atoms with Crippen molar-refractivity contribution in [1.29, 1.82) is 5.26 Å². The van der Waals surface area contributed by atoms with Gasteiger partial charge in [0.25, 0.3) is 0 Å². The summed E-state index contributed by atoms with van der Waals surface area (Å²) < 4.78 is 14.3. The molecule has 8 heteroatoms. The Labute approximate surface area is 164 Å². The summed E-state index contributed by atoms with van der Waals surface area (Å²) in [6, 6.07) is 15.9. The van der Waals surface area contributed by atoms with Crippen LogP contribution in [0, 0.1) is 11.3 Å². The second kappa shape index (κ2) is 6.48. The molecule has 0 saturated carbocycles. The van der Waals surface area contributed by atoms with Crippen LogP contribution in [0.15, 0.2) is 54.2 Å². The van der Waals surface area contributed by atoms with Crippen molar-refractivity contribution in [2.75, 3.05) is 12.4 Å². The highest BCUT2D eigenvalue weighted by atomic mass is 32.1. The monoisotopic (exact) mass is 386 g/mol. The summed E-state index contributed by atoms with van der Waals surface area (Å²) in [5.74, 6) is 1.13. The maximum absolute atomic E-state index is 10.2. The molecule has 0 radical (unpaired) electrons. The van der Waals surface area contributed by atoms with Crippen molar-refractivity contribution >= 4 is 34.3 Å². The number of ether oxygens (including phenoxy) is 1. The van der Waals surface area contributed by atoms with Crippen LogP contribution < -0.4 is 10.1 Å². The molecular formula is C20H14N6OS. The first-order valence-electron chi connectivity index (χ1n) is 8.61. The zero-order chi connectivity index (χ0) is 19.1. The lowest BCUT2D eigenvalue weighted by Gasteiger charge is -2.27. The van der Waals surface area contributed by atoms with Crippen molar-refractivity contribution in [3.8, 4) is 11.8 Å². The van der Waals surface area contributed by atoms with Gasteiger partial charge in [0.2, 0.25) is 0 Å². The number of hydrogen-bond donors (Lipinski definition) is 2. The fourth-order valence-corrected chi connectivity index (χ4v) is 4.23. The number of aromatic nitrogens is 4. The molecule has 0 aliphatic carbocycles. The molecule has 0 amide bonds. The lowest BCUT2D eigenvalue weighted by atomic mass is 9.81. The van der Waals surface area contributed by atoms with Crippen LogP contribution in [0.1, 0.15) is 22.6 Å². The number of benzene rings is 2. The zero-order valence-electron chi connectivity index (χ0n) is 14.8. The number of H-pyrrole nitrogens is 1. The van der Waals surface area contributed by atoms with Gasteiger partial charge in [0.15, 0.2) is 0 Å². The summed E-state index contributed by atoms with van der Waals surface area (Å²) >= 11 is 1.17. The van der Waals surface area contributed by atoms with Gasteiger partial charge in [-0.25, -0.2) is 0 Å². The van der Waals surface area contributed by atoms with Gasteiger partial charge in [-0.05, 0) is 23.8 Å². The molecule has 2 aromatic heterocycles. The SMILES string of the molecule is COc1ccccc1C1=C(C#N)C(c2cccc3nsnc23)c2cn[nH]c2N1. The number of nitrogens with zero attached hydrogens (tertiary/aromatic N) is 4. The van der Waals surface area contributed by atoms with Gasteiger partial charge in [0.05, 0.1) is 48.3 Å². The number of fused-ring (bicyclic) bond motifs is 2. The molecule has 136 valence electrons. The number of nitrogens with one attached hydrogen (secondary N) is 2. The highest BCUT2D eigenvalue weighted by molar-refractivity contribution is 7.00. The van der Waals surface area contributed by atoms with Crippen LogP contribution in [0.5, 0.6) is 5.75 Å². The van der Waals surface area contributed by atoms with Gasteiger partial charge in [0, 0.05) is 11.1 Å². The van der Waals surface area contributed by atoms with E-state index in [1.54, 1.807) is 13.3 Å². The Kier molecular flexibility index (Phi) is 3.81. The molecule has 5 rings (SSSR count). The number of allylic oxidation sites excluding steroid dienone is 1. The molecule has 3 heterocycles. The molecule has 0 fully saturated rings. The Hall–Kier alpha value is -3.70. The van der Waals surface area contributed by atoms with Crippen molar-refractivity contribution in [3.63, 3.8) is 0 Å². The first-order valence-corrected chi connectivity index (χ1v) is 9.34. The minimum absolute atomic E-state index is 0.312. The molecule has 1 aliphatic heterocycles. The smallest absolute Gasteiger partial charge is 0.130 e. The van der Waals surface area contributed by atoms with Gasteiger partial charge in [-0.15, -0.1) is 0 Å². The second-order valence-corrected chi connectivity index (χ2v) is 6.87. The predicted octanol–water partition coefficient (Wildman–Crippen LogP) is 3.92. The zero-order valence-corrected chi connectivity index (χ0v) is 15.6. The van der Waals surface area contributed by atoms with Gasteiger partial charge in [-0.1, -0.05) is 24.3 Å². The van der Waals surface area contributed by atoms with Crippen molar-refractivity contribution in [3.05, 3.63) is 70.9 Å². The summed E-state index contributed by atoms with van der Waals surface area (Å²) in [5, 5.41) is 20.7. The number of hydrogen-bond acceptors (Lipinski definition) is 7. The van der Waals surface area contributed by atoms with E-state index in [9.17, 15) is 5.26 Å². The molecule has 0 bridgehead atoms. The highest BCUT2D eigenvalue weighted by Gasteiger charge is 2.34. The number of nitriles is 1. The van der Waals surface area contributed by atoms with Crippen LogP contribution >= 0.6 is 11.7 Å². The standard InChI is InChI=1S/C20H14N6OS/c1-27-16-8-3-2-5-11(16)18-13(9-21)17(14-10-22-24-20(14)23-18)12-6-4-7-15-19(12)26-28-25-15/h2-8,10,17H,1H3,(H2,22,23,24). The Bertz CT molecular complexity index is 1260. The van der Waals surface area contributed by atoms with Gasteiger partial charge in [0.1, 0.15) is 22.6 Å². The predicted molar refractivity (Wildman–Crippen MR) is 107 cm³/mol. The maximum atomic E-state index is 10.2. The van der Waals surface area contributed by atoms with E-state index in [1.807, 2.05) is 42.5 Å². The molecular weight excluding hydrogens is 372 g/mol. The maximum Gasteiger partial charge on any atom is 0.130 e. The largest absolute Gasteiger partial charge is 0.496 e. The molecule has 2 N–H and O–H groups in total. The molecule has 7 nitrogen and oxygen atoms in total. The Balaban J connectivity index is 1.81. The third kappa shape index (κ3) is 2.37. The number of aromatic amines is 1. The van der Waals surface area contributed by atoms with Gasteiger partial charge >= 0.3 is 0 Å². The third-order valence-corrected chi connectivity index (χ3v) is 5.46. The summed E-state index contributed by atoms with van der Waals surface area (Å²) in [7, 11) is 1.62. The van der Waals surface area contributed by atoms with E-state index in [0.29, 0.717) is 17.0 Å². The summed E-state index contributed by atoms with van der Waals surface area (Å²) in [6.45, 7) is 0.